The number of rotatable bonds is 4. The normalized spacial score (nSPS) is 11.7. The molecule has 96 valence electrons. The van der Waals surface area contributed by atoms with Crippen molar-refractivity contribution in [2.24, 2.45) is 5.41 Å². The first-order chi connectivity index (χ1) is 8.40. The SMILES string of the molecule is Cc1[nH]c(CC(C)(C)C(=O)O)nc1-c1ccco1. The van der Waals surface area contributed by atoms with Crippen molar-refractivity contribution in [3.8, 4) is 11.5 Å². The van der Waals surface area contributed by atoms with E-state index in [1.165, 1.54) is 0 Å². The number of hydrogen-bond acceptors (Lipinski definition) is 3. The van der Waals surface area contributed by atoms with Crippen LogP contribution in [0.2, 0.25) is 0 Å². The number of aromatic nitrogens is 2. The minimum absolute atomic E-state index is 0.351. The zero-order valence-electron chi connectivity index (χ0n) is 10.7. The van der Waals surface area contributed by atoms with Crippen LogP contribution >= 0.6 is 0 Å². The molecule has 0 amide bonds. The average Bonchev–Trinajstić information content (AvgIpc) is 2.86. The summed E-state index contributed by atoms with van der Waals surface area (Å²) in [4.78, 5) is 18.6. The van der Waals surface area contributed by atoms with Crippen molar-refractivity contribution in [1.82, 2.24) is 9.97 Å². The fourth-order valence-corrected chi connectivity index (χ4v) is 1.75. The van der Waals surface area contributed by atoms with E-state index in [9.17, 15) is 4.79 Å². The van der Waals surface area contributed by atoms with Crippen molar-refractivity contribution in [2.45, 2.75) is 27.2 Å². The Hall–Kier alpha value is -2.04. The van der Waals surface area contributed by atoms with E-state index in [0.29, 0.717) is 18.0 Å². The summed E-state index contributed by atoms with van der Waals surface area (Å²) in [6.45, 7) is 5.25. The Bertz CT molecular complexity index is 553. The number of aliphatic carboxylic acids is 1. The maximum Gasteiger partial charge on any atom is 0.309 e. The van der Waals surface area contributed by atoms with Crippen molar-refractivity contribution in [3.63, 3.8) is 0 Å². The lowest BCUT2D eigenvalue weighted by Crippen LogP contribution is -2.26. The molecule has 0 aliphatic rings. The molecule has 2 N–H and O–H groups in total. The van der Waals surface area contributed by atoms with Gasteiger partial charge in [0.1, 0.15) is 11.5 Å². The quantitative estimate of drug-likeness (QED) is 0.871. The lowest BCUT2D eigenvalue weighted by molar-refractivity contribution is -0.146. The molecule has 0 aromatic carbocycles. The average molecular weight is 248 g/mol. The molecule has 0 unspecified atom stereocenters. The van der Waals surface area contributed by atoms with Gasteiger partial charge in [0.2, 0.25) is 0 Å². The van der Waals surface area contributed by atoms with Crippen molar-refractivity contribution in [1.29, 1.82) is 0 Å². The maximum atomic E-state index is 11.1. The second-order valence-corrected chi connectivity index (χ2v) is 5.00. The molecule has 18 heavy (non-hydrogen) atoms. The summed E-state index contributed by atoms with van der Waals surface area (Å²) in [6.07, 6.45) is 1.94. The molecule has 0 aliphatic carbocycles. The van der Waals surface area contributed by atoms with Crippen molar-refractivity contribution >= 4 is 5.97 Å². The zero-order valence-corrected chi connectivity index (χ0v) is 10.7. The Morgan fingerprint density at radius 1 is 1.56 bits per heavy atom. The molecular formula is C13H16N2O3. The van der Waals surface area contributed by atoms with E-state index in [0.717, 1.165) is 11.4 Å². The van der Waals surface area contributed by atoms with Crippen LogP contribution in [0.4, 0.5) is 0 Å². The van der Waals surface area contributed by atoms with Gasteiger partial charge in [0, 0.05) is 12.1 Å². The van der Waals surface area contributed by atoms with E-state index in [1.807, 2.05) is 13.0 Å². The Kier molecular flexibility index (Phi) is 2.98. The molecule has 0 spiro atoms. The standard InChI is InChI=1S/C13H16N2O3/c1-8-11(9-5-4-6-18-9)15-10(14-8)7-13(2,3)12(16)17/h4-6H,7H2,1-3H3,(H,14,15)(H,16,17). The monoisotopic (exact) mass is 248 g/mol. The molecule has 5 heteroatoms. The van der Waals surface area contributed by atoms with Gasteiger partial charge in [-0.25, -0.2) is 4.98 Å². The molecule has 0 radical (unpaired) electrons. The third-order valence-electron chi connectivity index (χ3n) is 2.88. The fourth-order valence-electron chi connectivity index (χ4n) is 1.75. The number of furan rings is 1. The smallest absolute Gasteiger partial charge is 0.309 e. The lowest BCUT2D eigenvalue weighted by atomic mass is 9.89. The van der Waals surface area contributed by atoms with E-state index >= 15 is 0 Å². The molecule has 0 bridgehead atoms. The molecule has 2 aromatic rings. The van der Waals surface area contributed by atoms with Gasteiger partial charge in [-0.15, -0.1) is 0 Å². The van der Waals surface area contributed by atoms with Crippen molar-refractivity contribution in [2.75, 3.05) is 0 Å². The van der Waals surface area contributed by atoms with E-state index in [4.69, 9.17) is 9.52 Å². The number of nitrogens with zero attached hydrogens (tertiary/aromatic N) is 1. The molecule has 2 aromatic heterocycles. The highest BCUT2D eigenvalue weighted by Crippen LogP contribution is 2.25. The fraction of sp³-hybridized carbons (Fsp3) is 0.385. The molecule has 0 saturated heterocycles. The largest absolute Gasteiger partial charge is 0.481 e. The summed E-state index contributed by atoms with van der Waals surface area (Å²) >= 11 is 0. The Morgan fingerprint density at radius 3 is 2.83 bits per heavy atom. The molecule has 0 atom stereocenters. The predicted octanol–water partition coefficient (Wildman–Crippen LogP) is 2.63. The van der Waals surface area contributed by atoms with Gasteiger partial charge in [0.15, 0.2) is 5.76 Å². The number of imidazole rings is 1. The minimum Gasteiger partial charge on any atom is -0.481 e. The number of aryl methyl sites for hydroxylation is 1. The number of nitrogens with one attached hydrogen (secondary N) is 1. The minimum atomic E-state index is -0.843. The van der Waals surface area contributed by atoms with Crippen LogP contribution < -0.4 is 0 Å². The first-order valence-corrected chi connectivity index (χ1v) is 5.73. The second kappa shape index (κ2) is 4.33. The number of carboxylic acid groups (broad SMARTS) is 1. The summed E-state index contributed by atoms with van der Waals surface area (Å²) in [5.74, 6) is 0.505. The summed E-state index contributed by atoms with van der Waals surface area (Å²) < 4.78 is 5.29. The topological polar surface area (TPSA) is 79.1 Å². The third kappa shape index (κ3) is 2.30. The first kappa shape index (κ1) is 12.4. The van der Waals surface area contributed by atoms with Crippen LogP contribution in [0.15, 0.2) is 22.8 Å². The molecule has 5 nitrogen and oxygen atoms in total. The summed E-state index contributed by atoms with van der Waals surface area (Å²) in [5.41, 5.74) is 0.766. The summed E-state index contributed by atoms with van der Waals surface area (Å²) in [5, 5.41) is 9.10. The van der Waals surface area contributed by atoms with Gasteiger partial charge in [0.05, 0.1) is 11.7 Å². The molecular weight excluding hydrogens is 232 g/mol. The van der Waals surface area contributed by atoms with Crippen LogP contribution in [0, 0.1) is 12.3 Å². The van der Waals surface area contributed by atoms with Gasteiger partial charge in [-0.05, 0) is 32.9 Å². The number of H-pyrrole nitrogens is 1. The van der Waals surface area contributed by atoms with Crippen molar-refractivity contribution < 1.29 is 14.3 Å². The number of carboxylic acids is 1. The molecule has 0 fully saturated rings. The van der Waals surface area contributed by atoms with Crippen molar-refractivity contribution in [3.05, 3.63) is 29.9 Å². The van der Waals surface area contributed by atoms with Gasteiger partial charge < -0.3 is 14.5 Å². The molecule has 0 aliphatic heterocycles. The van der Waals surface area contributed by atoms with Gasteiger partial charge in [0.25, 0.3) is 0 Å². The maximum absolute atomic E-state index is 11.1. The number of hydrogen-bond donors (Lipinski definition) is 2. The van der Waals surface area contributed by atoms with Crippen LogP contribution in [-0.4, -0.2) is 21.0 Å². The molecule has 2 heterocycles. The van der Waals surface area contributed by atoms with Gasteiger partial charge in [-0.3, -0.25) is 4.79 Å². The Morgan fingerprint density at radius 2 is 2.28 bits per heavy atom. The predicted molar refractivity (Wildman–Crippen MR) is 66.1 cm³/mol. The van der Waals surface area contributed by atoms with Crippen LogP contribution in [0.25, 0.3) is 11.5 Å². The Labute approximate surface area is 105 Å². The van der Waals surface area contributed by atoms with Crippen LogP contribution in [-0.2, 0) is 11.2 Å². The Balaban J connectivity index is 2.28. The molecule has 0 saturated carbocycles. The van der Waals surface area contributed by atoms with E-state index in [2.05, 4.69) is 9.97 Å². The van der Waals surface area contributed by atoms with Crippen LogP contribution in [0.1, 0.15) is 25.4 Å². The number of carbonyl (C=O) groups is 1. The van der Waals surface area contributed by atoms with Crippen LogP contribution in [0.3, 0.4) is 0 Å². The second-order valence-electron chi connectivity index (χ2n) is 5.00. The third-order valence-corrected chi connectivity index (χ3v) is 2.88. The summed E-state index contributed by atoms with van der Waals surface area (Å²) in [7, 11) is 0. The van der Waals surface area contributed by atoms with Gasteiger partial charge >= 0.3 is 5.97 Å². The number of aromatic amines is 1. The molecule has 2 rings (SSSR count). The highest BCUT2D eigenvalue weighted by Gasteiger charge is 2.29. The zero-order chi connectivity index (χ0) is 13.3. The highest BCUT2D eigenvalue weighted by atomic mass is 16.4. The van der Waals surface area contributed by atoms with Gasteiger partial charge in [-0.2, -0.15) is 0 Å². The van der Waals surface area contributed by atoms with Gasteiger partial charge in [-0.1, -0.05) is 0 Å². The van der Waals surface area contributed by atoms with E-state index in [1.54, 1.807) is 26.2 Å². The first-order valence-electron chi connectivity index (χ1n) is 5.73. The lowest BCUT2D eigenvalue weighted by Gasteiger charge is -2.16. The van der Waals surface area contributed by atoms with E-state index < -0.39 is 11.4 Å². The van der Waals surface area contributed by atoms with E-state index in [-0.39, 0.29) is 0 Å². The summed E-state index contributed by atoms with van der Waals surface area (Å²) in [6, 6.07) is 3.62. The van der Waals surface area contributed by atoms with Crippen LogP contribution in [0.5, 0.6) is 0 Å². The highest BCUT2D eigenvalue weighted by molar-refractivity contribution is 5.73.